The fourth-order valence-corrected chi connectivity index (χ4v) is 3.89. The Bertz CT molecular complexity index is 688. The molecule has 2 aromatic rings. The van der Waals surface area contributed by atoms with E-state index in [2.05, 4.69) is 14.8 Å². The fraction of sp³-hybridized carbons (Fsp3) is 0.571. The lowest BCUT2D eigenvalue weighted by Gasteiger charge is -2.14. The van der Waals surface area contributed by atoms with E-state index >= 15 is 0 Å². The summed E-state index contributed by atoms with van der Waals surface area (Å²) < 4.78 is 11.6. The molecule has 2 fully saturated rings. The van der Waals surface area contributed by atoms with Crippen LogP contribution < -0.4 is 4.74 Å². The molecular weight excluding hydrogens is 326 g/mol. The highest BCUT2D eigenvalue weighted by Crippen LogP contribution is 2.24. The molecule has 0 saturated carbocycles. The summed E-state index contributed by atoms with van der Waals surface area (Å²) in [5.74, 6) is 1.57. The summed E-state index contributed by atoms with van der Waals surface area (Å²) in [6.45, 7) is 7.62. The summed E-state index contributed by atoms with van der Waals surface area (Å²) in [5, 5.41) is 0. The van der Waals surface area contributed by atoms with E-state index in [0.29, 0.717) is 5.89 Å². The van der Waals surface area contributed by atoms with E-state index in [9.17, 15) is 0 Å². The van der Waals surface area contributed by atoms with Crippen LogP contribution in [-0.4, -0.2) is 54.1 Å². The highest BCUT2D eigenvalue weighted by Gasteiger charge is 2.15. The molecular formula is C21H29N3O2. The minimum Gasteiger partial charge on any atom is -0.494 e. The van der Waals surface area contributed by atoms with Crippen molar-refractivity contribution < 1.29 is 9.15 Å². The average molecular weight is 355 g/mol. The largest absolute Gasteiger partial charge is 0.494 e. The Morgan fingerprint density at radius 1 is 1.00 bits per heavy atom. The summed E-state index contributed by atoms with van der Waals surface area (Å²) in [5.41, 5.74) is 1.99. The molecule has 1 aromatic carbocycles. The van der Waals surface area contributed by atoms with Gasteiger partial charge in [0.2, 0.25) is 5.89 Å². The molecule has 0 N–H and O–H groups in total. The SMILES string of the molecule is c1cc(OCCCN2CCCC2)cc(-c2nc(CN3CCCC3)co2)c1. The van der Waals surface area contributed by atoms with E-state index in [1.807, 2.05) is 24.3 Å². The number of nitrogens with zero attached hydrogens (tertiary/aromatic N) is 3. The Hall–Kier alpha value is -1.85. The molecule has 5 heteroatoms. The van der Waals surface area contributed by atoms with Crippen molar-refractivity contribution in [1.29, 1.82) is 0 Å². The lowest BCUT2D eigenvalue weighted by atomic mass is 10.2. The Morgan fingerprint density at radius 2 is 1.77 bits per heavy atom. The zero-order valence-corrected chi connectivity index (χ0v) is 15.5. The quantitative estimate of drug-likeness (QED) is 0.674. The monoisotopic (exact) mass is 355 g/mol. The molecule has 0 radical (unpaired) electrons. The molecule has 0 spiro atoms. The number of hydrogen-bond donors (Lipinski definition) is 0. The molecule has 5 nitrogen and oxygen atoms in total. The van der Waals surface area contributed by atoms with Gasteiger partial charge in [0.05, 0.1) is 12.3 Å². The molecule has 2 saturated heterocycles. The zero-order valence-electron chi connectivity index (χ0n) is 15.5. The van der Waals surface area contributed by atoms with Gasteiger partial charge in [0.1, 0.15) is 12.0 Å². The van der Waals surface area contributed by atoms with E-state index < -0.39 is 0 Å². The number of rotatable bonds is 8. The van der Waals surface area contributed by atoms with Crippen LogP contribution in [0.1, 0.15) is 37.8 Å². The number of hydrogen-bond acceptors (Lipinski definition) is 5. The van der Waals surface area contributed by atoms with Crippen LogP contribution >= 0.6 is 0 Å². The second-order valence-corrected chi connectivity index (χ2v) is 7.41. The third kappa shape index (κ3) is 4.65. The highest BCUT2D eigenvalue weighted by molar-refractivity contribution is 5.56. The van der Waals surface area contributed by atoms with Crippen molar-refractivity contribution >= 4 is 0 Å². The van der Waals surface area contributed by atoms with Crippen LogP contribution in [0, 0.1) is 0 Å². The van der Waals surface area contributed by atoms with Crippen molar-refractivity contribution in [3.05, 3.63) is 36.2 Å². The van der Waals surface area contributed by atoms with Crippen LogP contribution in [0.5, 0.6) is 5.75 Å². The first-order chi connectivity index (χ1) is 12.9. The molecule has 4 rings (SSSR count). The van der Waals surface area contributed by atoms with Gasteiger partial charge in [-0.3, -0.25) is 4.90 Å². The van der Waals surface area contributed by atoms with Crippen molar-refractivity contribution in [2.75, 3.05) is 39.3 Å². The molecule has 2 aliphatic rings. The maximum absolute atomic E-state index is 5.94. The summed E-state index contributed by atoms with van der Waals surface area (Å²) in [7, 11) is 0. The molecule has 0 atom stereocenters. The van der Waals surface area contributed by atoms with Gasteiger partial charge in [0.15, 0.2) is 0 Å². The summed E-state index contributed by atoms with van der Waals surface area (Å²) in [6.07, 6.45) is 8.14. The van der Waals surface area contributed by atoms with Crippen molar-refractivity contribution in [3.8, 4) is 17.2 Å². The van der Waals surface area contributed by atoms with E-state index in [4.69, 9.17) is 9.15 Å². The van der Waals surface area contributed by atoms with Gasteiger partial charge in [-0.05, 0) is 76.5 Å². The minimum absolute atomic E-state index is 0.682. The van der Waals surface area contributed by atoms with E-state index in [1.54, 1.807) is 6.26 Å². The van der Waals surface area contributed by atoms with Crippen molar-refractivity contribution in [2.45, 2.75) is 38.6 Å². The van der Waals surface area contributed by atoms with Gasteiger partial charge in [-0.15, -0.1) is 0 Å². The third-order valence-electron chi connectivity index (χ3n) is 5.30. The average Bonchev–Trinajstić information content (AvgIpc) is 3.42. The molecule has 0 aliphatic carbocycles. The molecule has 2 aliphatic heterocycles. The first-order valence-electron chi connectivity index (χ1n) is 9.99. The van der Waals surface area contributed by atoms with Crippen LogP contribution in [0.15, 0.2) is 34.9 Å². The number of benzene rings is 1. The maximum Gasteiger partial charge on any atom is 0.226 e. The predicted molar refractivity (Wildman–Crippen MR) is 102 cm³/mol. The smallest absolute Gasteiger partial charge is 0.226 e. The normalized spacial score (nSPS) is 18.6. The van der Waals surface area contributed by atoms with Crippen molar-refractivity contribution in [1.82, 2.24) is 14.8 Å². The number of aromatic nitrogens is 1. The lowest BCUT2D eigenvalue weighted by Crippen LogP contribution is -2.21. The first kappa shape index (κ1) is 17.6. The standard InChI is InChI=1S/C21H29N3O2/c1-2-10-23(9-1)13-6-14-25-20-8-5-7-18(15-20)21-22-19(17-26-21)16-24-11-3-4-12-24/h5,7-8,15,17H,1-4,6,9-14,16H2. The highest BCUT2D eigenvalue weighted by atomic mass is 16.5. The van der Waals surface area contributed by atoms with Gasteiger partial charge in [0.25, 0.3) is 0 Å². The van der Waals surface area contributed by atoms with Gasteiger partial charge in [-0.1, -0.05) is 6.07 Å². The van der Waals surface area contributed by atoms with Crippen LogP contribution in [0.4, 0.5) is 0 Å². The second-order valence-electron chi connectivity index (χ2n) is 7.41. The first-order valence-corrected chi connectivity index (χ1v) is 9.99. The molecule has 0 bridgehead atoms. The molecule has 3 heterocycles. The van der Waals surface area contributed by atoms with Gasteiger partial charge >= 0.3 is 0 Å². The van der Waals surface area contributed by atoms with Crippen LogP contribution in [0.25, 0.3) is 11.5 Å². The van der Waals surface area contributed by atoms with E-state index in [-0.39, 0.29) is 0 Å². The van der Waals surface area contributed by atoms with Gasteiger partial charge in [-0.2, -0.15) is 0 Å². The summed E-state index contributed by atoms with van der Waals surface area (Å²) in [6, 6.07) is 8.08. The minimum atomic E-state index is 0.682. The van der Waals surface area contributed by atoms with Crippen molar-refractivity contribution in [3.63, 3.8) is 0 Å². The Balaban J connectivity index is 1.29. The number of likely N-dealkylation sites (tertiary alicyclic amines) is 2. The number of ether oxygens (including phenoxy) is 1. The molecule has 26 heavy (non-hydrogen) atoms. The fourth-order valence-electron chi connectivity index (χ4n) is 3.89. The second kappa shape index (κ2) is 8.69. The molecule has 1 aromatic heterocycles. The summed E-state index contributed by atoms with van der Waals surface area (Å²) in [4.78, 5) is 9.62. The molecule has 0 amide bonds. The van der Waals surface area contributed by atoms with Gasteiger partial charge in [0, 0.05) is 18.7 Å². The van der Waals surface area contributed by atoms with Gasteiger partial charge < -0.3 is 14.1 Å². The Morgan fingerprint density at radius 3 is 2.58 bits per heavy atom. The Kier molecular flexibility index (Phi) is 5.87. The lowest BCUT2D eigenvalue weighted by molar-refractivity contribution is 0.263. The van der Waals surface area contributed by atoms with E-state index in [1.165, 1.54) is 51.9 Å². The topological polar surface area (TPSA) is 41.7 Å². The number of oxazole rings is 1. The third-order valence-corrected chi connectivity index (χ3v) is 5.30. The van der Waals surface area contributed by atoms with Crippen LogP contribution in [0.3, 0.4) is 0 Å². The van der Waals surface area contributed by atoms with Gasteiger partial charge in [-0.25, -0.2) is 4.98 Å². The maximum atomic E-state index is 5.94. The molecule has 0 unspecified atom stereocenters. The van der Waals surface area contributed by atoms with Crippen LogP contribution in [0.2, 0.25) is 0 Å². The molecule has 140 valence electrons. The summed E-state index contributed by atoms with van der Waals surface area (Å²) >= 11 is 0. The van der Waals surface area contributed by atoms with Crippen LogP contribution in [-0.2, 0) is 6.54 Å². The zero-order chi connectivity index (χ0) is 17.6. The van der Waals surface area contributed by atoms with Crippen molar-refractivity contribution in [2.24, 2.45) is 0 Å². The predicted octanol–water partition coefficient (Wildman–Crippen LogP) is 3.80. The van der Waals surface area contributed by atoms with E-state index in [0.717, 1.165) is 43.1 Å². The Labute approximate surface area is 156 Å².